The Kier molecular flexibility index (Phi) is 4.43. The molecule has 17 heavy (non-hydrogen) atoms. The first-order chi connectivity index (χ1) is 8.16. The number of rotatable bonds is 3. The van der Waals surface area contributed by atoms with E-state index in [9.17, 15) is 5.11 Å². The van der Waals surface area contributed by atoms with Crippen LogP contribution in [-0.2, 0) is 11.2 Å². The summed E-state index contributed by atoms with van der Waals surface area (Å²) in [4.78, 5) is 0. The Labute approximate surface area is 108 Å². The van der Waals surface area contributed by atoms with Crippen LogP contribution in [0.5, 0.6) is 0 Å². The van der Waals surface area contributed by atoms with Gasteiger partial charge in [-0.1, -0.05) is 23.7 Å². The quantitative estimate of drug-likeness (QED) is 0.899. The zero-order valence-electron chi connectivity index (χ0n) is 10.2. The van der Waals surface area contributed by atoms with Gasteiger partial charge in [0.15, 0.2) is 0 Å². The van der Waals surface area contributed by atoms with Gasteiger partial charge in [-0.15, -0.1) is 0 Å². The van der Waals surface area contributed by atoms with Gasteiger partial charge in [-0.05, 0) is 37.0 Å². The minimum Gasteiger partial charge on any atom is -0.392 e. The molecule has 2 atom stereocenters. The molecule has 1 saturated heterocycles. The third-order valence-corrected chi connectivity index (χ3v) is 3.73. The van der Waals surface area contributed by atoms with Crippen LogP contribution in [0.1, 0.15) is 24.0 Å². The van der Waals surface area contributed by atoms with Crippen molar-refractivity contribution in [3.63, 3.8) is 0 Å². The average molecular weight is 255 g/mol. The summed E-state index contributed by atoms with van der Waals surface area (Å²) in [5.74, 6) is 0.251. The van der Waals surface area contributed by atoms with Crippen LogP contribution in [-0.4, -0.2) is 24.4 Å². The molecule has 0 spiro atoms. The van der Waals surface area contributed by atoms with Crippen LogP contribution >= 0.6 is 11.6 Å². The lowest BCUT2D eigenvalue weighted by Gasteiger charge is -2.27. The van der Waals surface area contributed by atoms with Crippen molar-refractivity contribution in [2.75, 3.05) is 13.2 Å². The van der Waals surface area contributed by atoms with Crippen LogP contribution in [0.2, 0.25) is 5.02 Å². The van der Waals surface area contributed by atoms with Crippen LogP contribution < -0.4 is 0 Å². The lowest BCUT2D eigenvalue weighted by molar-refractivity contribution is -0.00846. The van der Waals surface area contributed by atoms with E-state index in [0.29, 0.717) is 13.0 Å². The lowest BCUT2D eigenvalue weighted by atomic mass is 9.91. The van der Waals surface area contributed by atoms with Gasteiger partial charge in [-0.3, -0.25) is 0 Å². The van der Waals surface area contributed by atoms with Crippen molar-refractivity contribution in [3.05, 3.63) is 34.3 Å². The predicted octanol–water partition coefficient (Wildman–Crippen LogP) is 2.98. The minimum atomic E-state index is -0.351. The van der Waals surface area contributed by atoms with Gasteiger partial charge in [-0.2, -0.15) is 0 Å². The van der Waals surface area contributed by atoms with E-state index in [0.717, 1.165) is 35.6 Å². The second-order valence-electron chi connectivity index (χ2n) is 4.84. The third-order valence-electron chi connectivity index (χ3n) is 3.38. The second-order valence-corrected chi connectivity index (χ2v) is 5.25. The molecule has 0 aliphatic carbocycles. The summed E-state index contributed by atoms with van der Waals surface area (Å²) in [6, 6.07) is 5.98. The fraction of sp³-hybridized carbons (Fsp3) is 0.571. The van der Waals surface area contributed by atoms with Gasteiger partial charge in [-0.25, -0.2) is 0 Å². The maximum absolute atomic E-state index is 10.2. The zero-order valence-corrected chi connectivity index (χ0v) is 10.9. The molecule has 1 aliphatic heterocycles. The molecule has 1 N–H and O–H groups in total. The van der Waals surface area contributed by atoms with Gasteiger partial charge in [0.05, 0.1) is 12.7 Å². The molecule has 1 aliphatic rings. The first-order valence-electron chi connectivity index (χ1n) is 6.17. The van der Waals surface area contributed by atoms with Crippen LogP contribution in [0.25, 0.3) is 0 Å². The first-order valence-corrected chi connectivity index (χ1v) is 6.55. The van der Waals surface area contributed by atoms with Crippen molar-refractivity contribution in [2.24, 2.45) is 5.92 Å². The van der Waals surface area contributed by atoms with Crippen molar-refractivity contribution < 1.29 is 9.84 Å². The van der Waals surface area contributed by atoms with Gasteiger partial charge in [0, 0.05) is 24.0 Å². The average Bonchev–Trinajstić information content (AvgIpc) is 2.34. The Morgan fingerprint density at radius 1 is 1.53 bits per heavy atom. The topological polar surface area (TPSA) is 29.5 Å². The molecule has 2 rings (SSSR count). The summed E-state index contributed by atoms with van der Waals surface area (Å²) in [6.07, 6.45) is 2.36. The summed E-state index contributed by atoms with van der Waals surface area (Å²) in [5.41, 5.74) is 2.17. The molecule has 1 heterocycles. The molecule has 2 unspecified atom stereocenters. The highest BCUT2D eigenvalue weighted by Gasteiger charge is 2.23. The van der Waals surface area contributed by atoms with Crippen molar-refractivity contribution in [3.8, 4) is 0 Å². The van der Waals surface area contributed by atoms with Crippen LogP contribution in [0.15, 0.2) is 18.2 Å². The fourth-order valence-corrected chi connectivity index (χ4v) is 2.59. The maximum atomic E-state index is 10.2. The molecule has 1 aromatic carbocycles. The monoisotopic (exact) mass is 254 g/mol. The van der Waals surface area contributed by atoms with E-state index in [1.54, 1.807) is 0 Å². The van der Waals surface area contributed by atoms with E-state index in [4.69, 9.17) is 16.3 Å². The van der Waals surface area contributed by atoms with Gasteiger partial charge < -0.3 is 9.84 Å². The van der Waals surface area contributed by atoms with E-state index in [1.807, 2.05) is 25.1 Å². The van der Waals surface area contributed by atoms with Crippen molar-refractivity contribution in [2.45, 2.75) is 32.3 Å². The highest BCUT2D eigenvalue weighted by Crippen LogP contribution is 2.24. The molecule has 0 radical (unpaired) electrons. The standard InChI is InChI=1S/C14H19ClO2/c1-10-4-5-11(13(15)7-10)8-14(16)12-3-2-6-17-9-12/h4-5,7,12,14,16H,2-3,6,8-9H2,1H3. The predicted molar refractivity (Wildman–Crippen MR) is 69.4 cm³/mol. The molecule has 1 fully saturated rings. The van der Waals surface area contributed by atoms with Crippen molar-refractivity contribution in [1.29, 1.82) is 0 Å². The lowest BCUT2D eigenvalue weighted by Crippen LogP contribution is -2.30. The number of hydrogen-bond acceptors (Lipinski definition) is 2. The summed E-state index contributed by atoms with van der Waals surface area (Å²) in [6.45, 7) is 3.51. The molecule has 0 bridgehead atoms. The van der Waals surface area contributed by atoms with Crippen molar-refractivity contribution >= 4 is 11.6 Å². The Hall–Kier alpha value is -0.570. The maximum Gasteiger partial charge on any atom is 0.0631 e. The number of hydrogen-bond donors (Lipinski definition) is 1. The number of benzene rings is 1. The molecule has 0 saturated carbocycles. The zero-order chi connectivity index (χ0) is 12.3. The van der Waals surface area contributed by atoms with Crippen molar-refractivity contribution in [1.82, 2.24) is 0 Å². The molecule has 1 aromatic rings. The molecule has 0 aromatic heterocycles. The Morgan fingerprint density at radius 3 is 3.00 bits per heavy atom. The minimum absolute atomic E-state index is 0.251. The highest BCUT2D eigenvalue weighted by molar-refractivity contribution is 6.31. The summed E-state index contributed by atoms with van der Waals surface area (Å²) >= 11 is 6.17. The number of aryl methyl sites for hydroxylation is 1. The number of aliphatic hydroxyl groups excluding tert-OH is 1. The van der Waals surface area contributed by atoms with E-state index in [1.165, 1.54) is 0 Å². The van der Waals surface area contributed by atoms with E-state index in [2.05, 4.69) is 0 Å². The summed E-state index contributed by atoms with van der Waals surface area (Å²) in [7, 11) is 0. The molecule has 3 heteroatoms. The van der Waals surface area contributed by atoms with Crippen LogP contribution in [0.3, 0.4) is 0 Å². The van der Waals surface area contributed by atoms with Gasteiger partial charge in [0.1, 0.15) is 0 Å². The molecule has 94 valence electrons. The highest BCUT2D eigenvalue weighted by atomic mass is 35.5. The number of ether oxygens (including phenoxy) is 1. The Morgan fingerprint density at radius 2 is 2.35 bits per heavy atom. The van der Waals surface area contributed by atoms with Gasteiger partial charge in [0.25, 0.3) is 0 Å². The van der Waals surface area contributed by atoms with Gasteiger partial charge >= 0.3 is 0 Å². The summed E-state index contributed by atoms with van der Waals surface area (Å²) in [5, 5.41) is 10.9. The molecular formula is C14H19ClO2. The second kappa shape index (κ2) is 5.85. The molecule has 2 nitrogen and oxygen atoms in total. The fourth-order valence-electron chi connectivity index (χ4n) is 2.28. The smallest absolute Gasteiger partial charge is 0.0631 e. The van der Waals surface area contributed by atoms with E-state index >= 15 is 0 Å². The Balaban J connectivity index is 1.99. The number of halogens is 1. The number of aliphatic hydroxyl groups is 1. The van der Waals surface area contributed by atoms with Crippen LogP contribution in [0, 0.1) is 12.8 Å². The largest absolute Gasteiger partial charge is 0.392 e. The molecule has 0 amide bonds. The van der Waals surface area contributed by atoms with E-state index in [-0.39, 0.29) is 12.0 Å². The SMILES string of the molecule is Cc1ccc(CC(O)C2CCCOC2)c(Cl)c1. The molecular weight excluding hydrogens is 236 g/mol. The normalized spacial score (nSPS) is 22.4. The third kappa shape index (κ3) is 3.44. The summed E-state index contributed by atoms with van der Waals surface area (Å²) < 4.78 is 5.40. The van der Waals surface area contributed by atoms with E-state index < -0.39 is 0 Å². The van der Waals surface area contributed by atoms with Crippen LogP contribution in [0.4, 0.5) is 0 Å². The van der Waals surface area contributed by atoms with Gasteiger partial charge in [0.2, 0.25) is 0 Å². The Bertz CT molecular complexity index is 372. The first kappa shape index (κ1) is 12.9.